The number of H-pyrrole nitrogens is 1. The fourth-order valence-electron chi connectivity index (χ4n) is 4.42. The zero-order valence-electron chi connectivity index (χ0n) is 20.8. The highest BCUT2D eigenvalue weighted by Crippen LogP contribution is 2.30. The van der Waals surface area contributed by atoms with Gasteiger partial charge in [0.2, 0.25) is 11.8 Å². The number of likely N-dealkylation sites (tertiary alicyclic amines) is 2. The maximum Gasteiger partial charge on any atom is 0.255 e. The molecule has 0 aromatic carbocycles. The molecule has 0 radical (unpaired) electrons. The van der Waals surface area contributed by atoms with E-state index in [0.717, 1.165) is 19.4 Å². The predicted octanol–water partition coefficient (Wildman–Crippen LogP) is 2.35. The van der Waals surface area contributed by atoms with Crippen molar-refractivity contribution in [1.29, 1.82) is 5.26 Å². The first-order chi connectivity index (χ1) is 17.1. The van der Waals surface area contributed by atoms with E-state index in [9.17, 15) is 14.4 Å². The van der Waals surface area contributed by atoms with Crippen molar-refractivity contribution >= 4 is 40.6 Å². The minimum atomic E-state index is -0.754. The van der Waals surface area contributed by atoms with Crippen molar-refractivity contribution in [3.8, 4) is 6.07 Å². The Morgan fingerprint density at radius 1 is 1.31 bits per heavy atom. The Balaban J connectivity index is 1.50. The van der Waals surface area contributed by atoms with Gasteiger partial charge in [-0.15, -0.1) is 0 Å². The fraction of sp³-hybridized carbons (Fsp3) is 0.520. The van der Waals surface area contributed by atoms with E-state index >= 15 is 0 Å². The number of piperidine rings is 1. The van der Waals surface area contributed by atoms with Crippen molar-refractivity contribution in [3.63, 3.8) is 0 Å². The molecule has 0 bridgehead atoms. The van der Waals surface area contributed by atoms with Gasteiger partial charge in [-0.05, 0) is 24.3 Å². The van der Waals surface area contributed by atoms with Gasteiger partial charge in [0.15, 0.2) is 5.65 Å². The van der Waals surface area contributed by atoms with Gasteiger partial charge in [-0.3, -0.25) is 14.4 Å². The molecule has 0 saturated carbocycles. The molecule has 0 spiro atoms. The summed E-state index contributed by atoms with van der Waals surface area (Å²) in [6.07, 6.45) is 6.40. The molecule has 2 aromatic rings. The zero-order chi connectivity index (χ0) is 26.0. The number of carbonyl (C=O) groups is 3. The number of aromatic amines is 1. The molecule has 3 amide bonds. The van der Waals surface area contributed by atoms with Crippen molar-refractivity contribution in [1.82, 2.24) is 30.1 Å². The summed E-state index contributed by atoms with van der Waals surface area (Å²) in [4.78, 5) is 53.9. The fourth-order valence-corrected chi connectivity index (χ4v) is 5.56. The van der Waals surface area contributed by atoms with Crippen molar-refractivity contribution in [2.75, 3.05) is 26.2 Å². The first-order valence-corrected chi connectivity index (χ1v) is 12.9. The van der Waals surface area contributed by atoms with E-state index in [1.807, 2.05) is 20.8 Å². The summed E-state index contributed by atoms with van der Waals surface area (Å²) in [6.45, 7) is 11.3. The van der Waals surface area contributed by atoms with E-state index in [1.54, 1.807) is 34.0 Å². The van der Waals surface area contributed by atoms with Crippen LogP contribution in [-0.4, -0.2) is 79.9 Å². The Hall–Kier alpha value is -3.39. The molecule has 2 aliphatic heterocycles. The number of nitrogens with zero attached hydrogens (tertiary/aromatic N) is 5. The maximum absolute atomic E-state index is 13.3. The van der Waals surface area contributed by atoms with Crippen LogP contribution in [0.1, 0.15) is 44.0 Å². The zero-order valence-corrected chi connectivity index (χ0v) is 21.6. The molecule has 4 heterocycles. The summed E-state index contributed by atoms with van der Waals surface area (Å²) in [7, 11) is 0. The second kappa shape index (κ2) is 10.3. The minimum absolute atomic E-state index is 0.0734. The van der Waals surface area contributed by atoms with Crippen LogP contribution < -0.4 is 5.32 Å². The third-order valence-corrected chi connectivity index (χ3v) is 7.68. The lowest BCUT2D eigenvalue weighted by atomic mass is 9.84. The predicted molar refractivity (Wildman–Crippen MR) is 136 cm³/mol. The SMILES string of the molecule is C=CC(=O)N1CCCC(Sc2cnc3[nH]cc(C(=O)NC(C(=O)N4CC(C#N)C4)C(C)(C)C)c3n2)C1. The number of carbonyl (C=O) groups excluding carboxylic acids is 3. The van der Waals surface area contributed by atoms with Crippen LogP contribution in [0, 0.1) is 22.7 Å². The summed E-state index contributed by atoms with van der Waals surface area (Å²) in [6, 6.07) is 1.41. The highest BCUT2D eigenvalue weighted by molar-refractivity contribution is 7.99. The van der Waals surface area contributed by atoms with Crippen molar-refractivity contribution < 1.29 is 14.4 Å². The lowest BCUT2D eigenvalue weighted by Gasteiger charge is -2.41. The van der Waals surface area contributed by atoms with Gasteiger partial charge in [0.05, 0.1) is 23.7 Å². The highest BCUT2D eigenvalue weighted by Gasteiger charge is 2.40. The van der Waals surface area contributed by atoms with E-state index in [0.29, 0.717) is 41.4 Å². The Morgan fingerprint density at radius 2 is 2.06 bits per heavy atom. The van der Waals surface area contributed by atoms with Crippen LogP contribution in [0.15, 0.2) is 30.1 Å². The summed E-state index contributed by atoms with van der Waals surface area (Å²) in [5.74, 6) is -0.837. The Labute approximate surface area is 214 Å². The molecule has 10 nitrogen and oxygen atoms in total. The summed E-state index contributed by atoms with van der Waals surface area (Å²) < 4.78 is 0. The van der Waals surface area contributed by atoms with Gasteiger partial charge >= 0.3 is 0 Å². The molecular formula is C25H31N7O3S. The van der Waals surface area contributed by atoms with E-state index in [-0.39, 0.29) is 23.0 Å². The molecule has 2 fully saturated rings. The third kappa shape index (κ3) is 5.38. The molecule has 0 aliphatic carbocycles. The molecule has 4 rings (SSSR count). The maximum atomic E-state index is 13.3. The molecule has 2 aliphatic rings. The molecule has 2 unspecified atom stereocenters. The smallest absolute Gasteiger partial charge is 0.255 e. The van der Waals surface area contributed by atoms with Crippen molar-refractivity contribution in [2.24, 2.45) is 11.3 Å². The normalized spacial score (nSPS) is 19.3. The lowest BCUT2D eigenvalue weighted by molar-refractivity contribution is -0.141. The van der Waals surface area contributed by atoms with E-state index < -0.39 is 17.4 Å². The number of rotatable bonds is 6. The van der Waals surface area contributed by atoms with E-state index in [4.69, 9.17) is 10.2 Å². The number of hydrogen-bond acceptors (Lipinski definition) is 7. The molecule has 2 saturated heterocycles. The van der Waals surface area contributed by atoms with Crippen LogP contribution in [-0.2, 0) is 9.59 Å². The average molecular weight is 510 g/mol. The first-order valence-electron chi connectivity index (χ1n) is 12.0. The molecule has 190 valence electrons. The van der Waals surface area contributed by atoms with Crippen LogP contribution in [0.5, 0.6) is 0 Å². The van der Waals surface area contributed by atoms with Crippen molar-refractivity contribution in [3.05, 3.63) is 30.6 Å². The molecule has 2 aromatic heterocycles. The minimum Gasteiger partial charge on any atom is -0.344 e. The summed E-state index contributed by atoms with van der Waals surface area (Å²) in [5, 5.41) is 12.8. The standard InChI is InChI=1S/C25H31N7O3S/c1-5-19(33)31-8-6-7-16(14-31)36-18-11-28-22-20(29-18)17(10-27-22)23(34)30-21(25(2,3)4)24(35)32-12-15(9-26)13-32/h5,10-11,15-16,21H,1,6-8,12-14H2,2-4H3,(H,27,28)(H,30,34). The number of hydrogen-bond donors (Lipinski definition) is 2. The topological polar surface area (TPSA) is 135 Å². The molecule has 11 heteroatoms. The number of nitrogens with one attached hydrogen (secondary N) is 2. The number of thioether (sulfide) groups is 1. The van der Waals surface area contributed by atoms with Crippen LogP contribution in [0.4, 0.5) is 0 Å². The number of nitriles is 1. The quantitative estimate of drug-likeness (QED) is 0.571. The Bertz CT molecular complexity index is 1220. The summed E-state index contributed by atoms with van der Waals surface area (Å²) in [5.41, 5.74) is 0.697. The molecule has 2 atom stereocenters. The van der Waals surface area contributed by atoms with Crippen LogP contribution >= 0.6 is 11.8 Å². The Kier molecular flexibility index (Phi) is 7.36. The molecule has 36 heavy (non-hydrogen) atoms. The summed E-state index contributed by atoms with van der Waals surface area (Å²) >= 11 is 1.54. The second-order valence-corrected chi connectivity index (χ2v) is 11.6. The second-order valence-electron chi connectivity index (χ2n) is 10.3. The van der Waals surface area contributed by atoms with Crippen LogP contribution in [0.25, 0.3) is 11.2 Å². The van der Waals surface area contributed by atoms with Crippen molar-refractivity contribution in [2.45, 2.75) is 49.9 Å². The average Bonchev–Trinajstić information content (AvgIpc) is 3.24. The molecule has 2 N–H and O–H groups in total. The van der Waals surface area contributed by atoms with Gasteiger partial charge in [0, 0.05) is 37.6 Å². The number of aromatic nitrogens is 3. The largest absolute Gasteiger partial charge is 0.344 e. The lowest BCUT2D eigenvalue weighted by Crippen LogP contribution is -2.60. The van der Waals surface area contributed by atoms with Gasteiger partial charge in [0.25, 0.3) is 5.91 Å². The van der Waals surface area contributed by atoms with Gasteiger partial charge in [-0.2, -0.15) is 5.26 Å². The van der Waals surface area contributed by atoms with Gasteiger partial charge < -0.3 is 20.1 Å². The monoisotopic (exact) mass is 509 g/mol. The van der Waals surface area contributed by atoms with E-state index in [1.165, 1.54) is 6.08 Å². The van der Waals surface area contributed by atoms with Gasteiger partial charge in [-0.25, -0.2) is 9.97 Å². The Morgan fingerprint density at radius 3 is 2.72 bits per heavy atom. The highest BCUT2D eigenvalue weighted by atomic mass is 32.2. The number of amides is 3. The van der Waals surface area contributed by atoms with Gasteiger partial charge in [-0.1, -0.05) is 39.1 Å². The first kappa shape index (κ1) is 25.7. The molecular weight excluding hydrogens is 478 g/mol. The van der Waals surface area contributed by atoms with Crippen LogP contribution in [0.2, 0.25) is 0 Å². The van der Waals surface area contributed by atoms with Gasteiger partial charge in [0.1, 0.15) is 16.6 Å². The van der Waals surface area contributed by atoms with E-state index in [2.05, 4.69) is 27.9 Å². The number of fused-ring (bicyclic) bond motifs is 1. The van der Waals surface area contributed by atoms with Crippen LogP contribution in [0.3, 0.4) is 0 Å². The third-order valence-electron chi connectivity index (χ3n) is 6.52.